The topological polar surface area (TPSA) is 78.0 Å². The summed E-state index contributed by atoms with van der Waals surface area (Å²) in [7, 11) is -2.33. The van der Waals surface area contributed by atoms with Crippen LogP contribution in [0.5, 0.6) is 0 Å². The van der Waals surface area contributed by atoms with Gasteiger partial charge in [-0.3, -0.25) is 13.9 Å². The van der Waals surface area contributed by atoms with E-state index in [1.807, 2.05) is 0 Å². The van der Waals surface area contributed by atoms with Crippen molar-refractivity contribution in [3.05, 3.63) is 95.6 Å². The minimum atomic E-state index is -3.79. The van der Waals surface area contributed by atoms with Gasteiger partial charge in [0.1, 0.15) is 0 Å². The van der Waals surface area contributed by atoms with E-state index in [2.05, 4.69) is 0 Å². The van der Waals surface area contributed by atoms with E-state index in [4.69, 9.17) is 0 Å². The molecule has 0 radical (unpaired) electrons. The van der Waals surface area contributed by atoms with E-state index < -0.39 is 27.6 Å². The summed E-state index contributed by atoms with van der Waals surface area (Å²) in [5.41, 5.74) is 0.885. The highest BCUT2D eigenvalue weighted by Gasteiger charge is 2.27. The normalized spacial score (nSPS) is 14.0. The average Bonchev–Trinajstić information content (AvgIpc) is 2.89. The van der Waals surface area contributed by atoms with Gasteiger partial charge in [-0.1, -0.05) is 18.2 Å². The van der Waals surface area contributed by atoms with Crippen LogP contribution in [0.2, 0.25) is 0 Å². The number of anilines is 1. The van der Waals surface area contributed by atoms with Crippen molar-refractivity contribution in [3.8, 4) is 0 Å². The van der Waals surface area contributed by atoms with Gasteiger partial charge in [-0.15, -0.1) is 0 Å². The summed E-state index contributed by atoms with van der Waals surface area (Å²) in [4.78, 5) is 28.6. The Balaban J connectivity index is 1.40. The smallest absolute Gasteiger partial charge is 0.264 e. The van der Waals surface area contributed by atoms with Gasteiger partial charge in [-0.05, 0) is 54.6 Å². The summed E-state index contributed by atoms with van der Waals surface area (Å²) in [6.07, 6.45) is 0. The first kappa shape index (κ1) is 24.3. The van der Waals surface area contributed by atoms with Crippen LogP contribution in [0.4, 0.5) is 14.5 Å². The Labute approximate surface area is 202 Å². The molecule has 3 aromatic rings. The maximum Gasteiger partial charge on any atom is 0.264 e. The van der Waals surface area contributed by atoms with Crippen LogP contribution in [0.1, 0.15) is 20.7 Å². The van der Waals surface area contributed by atoms with Crippen molar-refractivity contribution >= 4 is 27.5 Å². The van der Waals surface area contributed by atoms with E-state index >= 15 is 0 Å². The molecule has 1 aliphatic rings. The largest absolute Gasteiger partial charge is 0.335 e. The molecule has 2 amide bonds. The van der Waals surface area contributed by atoms with E-state index in [0.717, 1.165) is 12.1 Å². The van der Waals surface area contributed by atoms with Crippen LogP contribution in [0.15, 0.2) is 77.7 Å². The Hall–Kier alpha value is -3.79. The third-order valence-electron chi connectivity index (χ3n) is 5.90. The molecule has 0 unspecified atom stereocenters. The molecule has 7 nitrogen and oxygen atoms in total. The van der Waals surface area contributed by atoms with Gasteiger partial charge in [0.15, 0.2) is 11.6 Å². The van der Waals surface area contributed by atoms with Crippen LogP contribution in [0.25, 0.3) is 0 Å². The SMILES string of the molecule is CN(c1ccccc1)S(=O)(=O)c1ccc(C(=O)N2CCN(C(=O)c3ccc(F)c(F)c3)CC2)cc1. The molecule has 0 atom stereocenters. The first-order chi connectivity index (χ1) is 16.7. The second-order valence-corrected chi connectivity index (χ2v) is 10.0. The number of piperazine rings is 1. The minimum absolute atomic E-state index is 0.0425. The maximum atomic E-state index is 13.5. The van der Waals surface area contributed by atoms with Gasteiger partial charge in [0.2, 0.25) is 0 Å². The molecule has 1 aliphatic heterocycles. The van der Waals surface area contributed by atoms with Crippen LogP contribution in [0, 0.1) is 11.6 Å². The summed E-state index contributed by atoms with van der Waals surface area (Å²) in [5, 5.41) is 0. The molecule has 182 valence electrons. The monoisotopic (exact) mass is 499 g/mol. The van der Waals surface area contributed by atoms with Crippen LogP contribution >= 0.6 is 0 Å². The van der Waals surface area contributed by atoms with Crippen molar-refractivity contribution in [1.29, 1.82) is 0 Å². The van der Waals surface area contributed by atoms with Crippen molar-refractivity contribution in [2.45, 2.75) is 4.90 Å². The van der Waals surface area contributed by atoms with E-state index in [0.29, 0.717) is 11.3 Å². The lowest BCUT2D eigenvalue weighted by atomic mass is 10.1. The summed E-state index contributed by atoms with van der Waals surface area (Å²) in [6, 6.07) is 17.4. The number of hydrogen-bond acceptors (Lipinski definition) is 4. The number of halogens is 2. The van der Waals surface area contributed by atoms with Gasteiger partial charge >= 0.3 is 0 Å². The molecular weight excluding hydrogens is 476 g/mol. The van der Waals surface area contributed by atoms with Crippen molar-refractivity contribution in [3.63, 3.8) is 0 Å². The maximum absolute atomic E-state index is 13.5. The Morgan fingerprint density at radius 1 is 0.743 bits per heavy atom. The van der Waals surface area contributed by atoms with E-state index in [-0.39, 0.29) is 42.5 Å². The fraction of sp³-hybridized carbons (Fsp3) is 0.200. The molecule has 3 aromatic carbocycles. The molecule has 1 fully saturated rings. The summed E-state index contributed by atoms with van der Waals surface area (Å²) >= 11 is 0. The molecule has 0 N–H and O–H groups in total. The molecule has 4 rings (SSSR count). The Morgan fingerprint density at radius 3 is 1.80 bits per heavy atom. The molecule has 1 saturated heterocycles. The number of sulfonamides is 1. The highest BCUT2D eigenvalue weighted by molar-refractivity contribution is 7.92. The first-order valence-electron chi connectivity index (χ1n) is 10.9. The molecule has 0 aliphatic carbocycles. The minimum Gasteiger partial charge on any atom is -0.335 e. The number of carbonyl (C=O) groups excluding carboxylic acids is 2. The summed E-state index contributed by atoms with van der Waals surface area (Å²) < 4.78 is 53.6. The highest BCUT2D eigenvalue weighted by atomic mass is 32.2. The highest BCUT2D eigenvalue weighted by Crippen LogP contribution is 2.22. The average molecular weight is 500 g/mol. The number of rotatable bonds is 5. The zero-order valence-electron chi connectivity index (χ0n) is 18.9. The quantitative estimate of drug-likeness (QED) is 0.539. The number of hydrogen-bond donors (Lipinski definition) is 0. The Bertz CT molecular complexity index is 1340. The number of para-hydroxylation sites is 1. The Kier molecular flexibility index (Phi) is 6.83. The number of nitrogens with zero attached hydrogens (tertiary/aromatic N) is 3. The van der Waals surface area contributed by atoms with E-state index in [1.165, 1.54) is 46.6 Å². The molecule has 35 heavy (non-hydrogen) atoms. The standard InChI is InChI=1S/C25H23F2N3O4S/c1-28(20-5-3-2-4-6-20)35(33,34)21-10-7-18(8-11-21)24(31)29-13-15-30(16-14-29)25(32)19-9-12-22(26)23(27)17-19/h2-12,17H,13-16H2,1H3. The third kappa shape index (κ3) is 5.02. The zero-order chi connectivity index (χ0) is 25.2. The van der Waals surface area contributed by atoms with Gasteiger partial charge in [-0.25, -0.2) is 17.2 Å². The lowest BCUT2D eigenvalue weighted by Gasteiger charge is -2.35. The molecular formula is C25H23F2N3O4S. The van der Waals surface area contributed by atoms with Crippen molar-refractivity contribution < 1.29 is 26.8 Å². The van der Waals surface area contributed by atoms with Gasteiger partial charge in [-0.2, -0.15) is 0 Å². The lowest BCUT2D eigenvalue weighted by Crippen LogP contribution is -2.50. The fourth-order valence-electron chi connectivity index (χ4n) is 3.81. The summed E-state index contributed by atoms with van der Waals surface area (Å²) in [5.74, 6) is -2.84. The molecule has 10 heteroatoms. The zero-order valence-corrected chi connectivity index (χ0v) is 19.7. The number of carbonyl (C=O) groups is 2. The fourth-order valence-corrected chi connectivity index (χ4v) is 5.01. The van der Waals surface area contributed by atoms with Crippen LogP contribution < -0.4 is 4.31 Å². The molecule has 0 aromatic heterocycles. The van der Waals surface area contributed by atoms with Gasteiger partial charge in [0.25, 0.3) is 21.8 Å². The predicted molar refractivity (Wildman–Crippen MR) is 127 cm³/mol. The summed E-state index contributed by atoms with van der Waals surface area (Å²) in [6.45, 7) is 0.978. The third-order valence-corrected chi connectivity index (χ3v) is 7.70. The number of amides is 2. The van der Waals surface area contributed by atoms with Gasteiger partial charge in [0.05, 0.1) is 10.6 Å². The second-order valence-electron chi connectivity index (χ2n) is 8.05. The van der Waals surface area contributed by atoms with E-state index in [1.54, 1.807) is 35.2 Å². The predicted octanol–water partition coefficient (Wildman–Crippen LogP) is 3.39. The van der Waals surface area contributed by atoms with Crippen molar-refractivity contribution in [2.75, 3.05) is 37.5 Å². The van der Waals surface area contributed by atoms with Crippen molar-refractivity contribution in [1.82, 2.24) is 9.80 Å². The molecule has 1 heterocycles. The molecule has 0 bridgehead atoms. The Morgan fingerprint density at radius 2 is 1.26 bits per heavy atom. The molecule has 0 spiro atoms. The van der Waals surface area contributed by atoms with Gasteiger partial charge in [0, 0.05) is 44.4 Å². The van der Waals surface area contributed by atoms with E-state index in [9.17, 15) is 26.8 Å². The van der Waals surface area contributed by atoms with Crippen molar-refractivity contribution in [2.24, 2.45) is 0 Å². The molecule has 0 saturated carbocycles. The lowest BCUT2D eigenvalue weighted by molar-refractivity contribution is 0.0535. The van der Waals surface area contributed by atoms with Gasteiger partial charge < -0.3 is 9.80 Å². The second kappa shape index (κ2) is 9.83. The van der Waals surface area contributed by atoms with Crippen LogP contribution in [-0.4, -0.2) is 63.3 Å². The van der Waals surface area contributed by atoms with Crippen LogP contribution in [-0.2, 0) is 10.0 Å². The first-order valence-corrected chi connectivity index (χ1v) is 12.3. The van der Waals surface area contributed by atoms with Crippen LogP contribution in [0.3, 0.4) is 0 Å². The number of benzene rings is 3.